The van der Waals surface area contributed by atoms with Crippen molar-refractivity contribution in [3.05, 3.63) is 105 Å². The highest BCUT2D eigenvalue weighted by atomic mass is 35.5. The first-order chi connectivity index (χ1) is 32.2. The van der Waals surface area contributed by atoms with Gasteiger partial charge in [0.15, 0.2) is 5.43 Å². The Kier molecular flexibility index (Phi) is 15.3. The van der Waals surface area contributed by atoms with E-state index in [2.05, 4.69) is 5.32 Å². The van der Waals surface area contributed by atoms with E-state index in [1.54, 1.807) is 68.6 Å². The summed E-state index contributed by atoms with van der Waals surface area (Å²) in [7, 11) is 1.58. The highest BCUT2D eigenvalue weighted by molar-refractivity contribution is 6.33. The first kappa shape index (κ1) is 47.8. The minimum absolute atomic E-state index is 0.0270. The Labute approximate surface area is 388 Å². The Hall–Kier alpha value is -7.12. The van der Waals surface area contributed by atoms with Gasteiger partial charge in [-0.3, -0.25) is 43.8 Å². The summed E-state index contributed by atoms with van der Waals surface area (Å²) in [4.78, 5) is 90.4. The van der Waals surface area contributed by atoms with Crippen molar-refractivity contribution >= 4 is 63.7 Å². The van der Waals surface area contributed by atoms with Crippen molar-refractivity contribution in [3.63, 3.8) is 0 Å². The van der Waals surface area contributed by atoms with Gasteiger partial charge in [0.2, 0.25) is 23.6 Å². The van der Waals surface area contributed by atoms with E-state index in [1.807, 2.05) is 0 Å². The number of nitrogens with zero attached hydrogens (tertiary/aromatic N) is 2. The Morgan fingerprint density at radius 3 is 2.15 bits per heavy atom. The van der Waals surface area contributed by atoms with Crippen LogP contribution in [0, 0.1) is 0 Å². The van der Waals surface area contributed by atoms with Crippen LogP contribution in [-0.4, -0.2) is 113 Å². The molecule has 3 N–H and O–H groups in total. The first-order valence-electron chi connectivity index (χ1n) is 21.3. The van der Waals surface area contributed by atoms with E-state index in [0.29, 0.717) is 53.7 Å². The monoisotopic (exact) mass is 938 g/mol. The van der Waals surface area contributed by atoms with Crippen molar-refractivity contribution in [1.82, 2.24) is 10.2 Å². The SMILES string of the molecule is CCOc1cc2oc(-c3ccc(OCCOCCOCCOCCOc4cccc5c4C(=O)N(C4CCC(=O)NC4=O)C5=O)cc3Cl)cc(=O)c2cc1-c1cc(C(N)=O)cc(N(C)C(C)=O)c1. The molecule has 1 unspecified atom stereocenters. The van der Waals surface area contributed by atoms with Gasteiger partial charge in [-0.15, -0.1) is 0 Å². The average molecular weight is 939 g/mol. The zero-order valence-corrected chi connectivity index (χ0v) is 37.6. The molecule has 1 atom stereocenters. The highest BCUT2D eigenvalue weighted by Gasteiger charge is 2.46. The molecule has 0 radical (unpaired) electrons. The van der Waals surface area contributed by atoms with Crippen LogP contribution in [0.4, 0.5) is 5.69 Å². The predicted molar refractivity (Wildman–Crippen MR) is 244 cm³/mol. The molecule has 5 aromatic rings. The molecule has 18 nitrogen and oxygen atoms in total. The van der Waals surface area contributed by atoms with Crippen LogP contribution in [0.3, 0.4) is 0 Å². The summed E-state index contributed by atoms with van der Waals surface area (Å²) in [6.07, 6.45) is 0.0855. The average Bonchev–Trinajstić information content (AvgIpc) is 3.55. The third kappa shape index (κ3) is 11.0. The Morgan fingerprint density at radius 2 is 1.49 bits per heavy atom. The third-order valence-corrected chi connectivity index (χ3v) is 11.2. The molecule has 1 aromatic heterocycles. The summed E-state index contributed by atoms with van der Waals surface area (Å²) in [5, 5.41) is 2.71. The van der Waals surface area contributed by atoms with E-state index >= 15 is 0 Å². The second-order valence-corrected chi connectivity index (χ2v) is 15.7. The van der Waals surface area contributed by atoms with Crippen LogP contribution in [0.15, 0.2) is 82.0 Å². The van der Waals surface area contributed by atoms with Crippen molar-refractivity contribution in [2.45, 2.75) is 32.7 Å². The summed E-state index contributed by atoms with van der Waals surface area (Å²) in [6, 6.07) is 17.9. The summed E-state index contributed by atoms with van der Waals surface area (Å²) in [5.74, 6) is -2.06. The van der Waals surface area contributed by atoms with Gasteiger partial charge in [-0.2, -0.15) is 0 Å². The topological polar surface area (TPSA) is 233 Å². The molecular formula is C48H47ClN4O14. The Balaban J connectivity index is 0.838. The van der Waals surface area contributed by atoms with Crippen LogP contribution in [-0.2, 0) is 28.6 Å². The summed E-state index contributed by atoms with van der Waals surface area (Å²) >= 11 is 6.66. The fourth-order valence-electron chi connectivity index (χ4n) is 7.46. The first-order valence-corrected chi connectivity index (χ1v) is 21.7. The molecule has 3 heterocycles. The molecule has 350 valence electrons. The molecule has 0 saturated carbocycles. The zero-order valence-electron chi connectivity index (χ0n) is 36.8. The number of carbonyl (C=O) groups excluding carboxylic acids is 6. The number of amides is 6. The van der Waals surface area contributed by atoms with Crippen LogP contribution in [0.5, 0.6) is 17.2 Å². The van der Waals surface area contributed by atoms with Crippen LogP contribution in [0.1, 0.15) is 57.8 Å². The number of carbonyl (C=O) groups is 6. The molecule has 0 spiro atoms. The van der Waals surface area contributed by atoms with E-state index in [-0.39, 0.29) is 108 Å². The maximum absolute atomic E-state index is 13.6. The summed E-state index contributed by atoms with van der Waals surface area (Å²) < 4.78 is 40.5. The number of piperidine rings is 1. The van der Waals surface area contributed by atoms with Crippen LogP contribution < -0.4 is 35.6 Å². The lowest BCUT2D eigenvalue weighted by molar-refractivity contribution is -0.136. The number of nitrogens with one attached hydrogen (secondary N) is 1. The molecule has 0 aliphatic carbocycles. The highest BCUT2D eigenvalue weighted by Crippen LogP contribution is 2.39. The number of anilines is 1. The fourth-order valence-corrected chi connectivity index (χ4v) is 7.72. The molecule has 2 aliphatic rings. The molecule has 4 aromatic carbocycles. The van der Waals surface area contributed by atoms with Gasteiger partial charge in [0.05, 0.1) is 67.8 Å². The molecule has 67 heavy (non-hydrogen) atoms. The quantitative estimate of drug-likeness (QED) is 0.0714. The molecule has 6 amide bonds. The van der Waals surface area contributed by atoms with Crippen LogP contribution >= 0.6 is 11.6 Å². The minimum Gasteiger partial charge on any atom is -0.493 e. The number of halogens is 1. The second-order valence-electron chi connectivity index (χ2n) is 15.3. The van der Waals surface area contributed by atoms with Gasteiger partial charge in [0, 0.05) is 54.9 Å². The van der Waals surface area contributed by atoms with E-state index < -0.39 is 35.6 Å². The van der Waals surface area contributed by atoms with Gasteiger partial charge in [-0.25, -0.2) is 0 Å². The predicted octanol–water partition coefficient (Wildman–Crippen LogP) is 5.17. The molecule has 1 fully saturated rings. The minimum atomic E-state index is -1.07. The molecule has 19 heteroatoms. The van der Waals surface area contributed by atoms with Crippen molar-refractivity contribution < 1.29 is 61.6 Å². The number of hydrogen-bond acceptors (Lipinski definition) is 14. The van der Waals surface area contributed by atoms with Crippen molar-refractivity contribution in [3.8, 4) is 39.7 Å². The third-order valence-electron chi connectivity index (χ3n) is 10.9. The largest absolute Gasteiger partial charge is 0.493 e. The Morgan fingerprint density at radius 1 is 0.791 bits per heavy atom. The van der Waals surface area contributed by atoms with Crippen LogP contribution in [0.2, 0.25) is 5.02 Å². The smallest absolute Gasteiger partial charge is 0.266 e. The second kappa shape index (κ2) is 21.5. The normalized spacial score (nSPS) is 14.6. The lowest BCUT2D eigenvalue weighted by atomic mass is 9.98. The summed E-state index contributed by atoms with van der Waals surface area (Å²) in [5.41, 5.74) is 7.79. The van der Waals surface area contributed by atoms with Gasteiger partial charge >= 0.3 is 0 Å². The zero-order chi connectivity index (χ0) is 47.8. The standard InChI is InChI=1S/C48H47ClN4O14/c1-4-64-40-26-42-35(24-34(40)28-20-29(45(50)57)22-30(21-28)52(3)27(2)54)38(55)25-41(67-42)32-9-8-31(23-36(32)49)65-18-16-62-14-12-61-13-15-63-17-19-66-39-7-5-6-33-44(39)48(60)53(47(33)59)37-10-11-43(56)51-46(37)58/h5-9,20-26,37H,4,10-19H2,1-3H3,(H2,50,57)(H,51,56,58). The maximum atomic E-state index is 13.6. The molecule has 0 bridgehead atoms. The van der Waals surface area contributed by atoms with E-state index in [4.69, 9.17) is 50.2 Å². The van der Waals surface area contributed by atoms with Gasteiger partial charge in [-0.1, -0.05) is 17.7 Å². The number of benzene rings is 4. The molecular weight excluding hydrogens is 892 g/mol. The van der Waals surface area contributed by atoms with E-state index in [0.717, 1.165) is 4.90 Å². The number of rotatable bonds is 21. The molecule has 7 rings (SSSR count). The molecule has 1 saturated heterocycles. The van der Waals surface area contributed by atoms with Crippen LogP contribution in [0.25, 0.3) is 33.4 Å². The number of nitrogens with two attached hydrogens (primary N) is 1. The maximum Gasteiger partial charge on any atom is 0.266 e. The lowest BCUT2D eigenvalue weighted by Crippen LogP contribution is -2.54. The fraction of sp³-hybridized carbons (Fsp3) is 0.312. The number of fused-ring (bicyclic) bond motifs is 2. The number of ether oxygens (including phenoxy) is 6. The van der Waals surface area contributed by atoms with Gasteiger partial charge in [-0.05, 0) is 73.5 Å². The van der Waals surface area contributed by atoms with E-state index in [1.165, 1.54) is 30.0 Å². The van der Waals surface area contributed by atoms with Crippen molar-refractivity contribution in [1.29, 1.82) is 0 Å². The van der Waals surface area contributed by atoms with Gasteiger partial charge < -0.3 is 43.5 Å². The number of imide groups is 2. The number of primary amides is 1. The van der Waals surface area contributed by atoms with Crippen molar-refractivity contribution in [2.75, 3.05) is 71.4 Å². The van der Waals surface area contributed by atoms with Gasteiger partial charge in [0.1, 0.15) is 47.8 Å². The molecule has 2 aliphatic heterocycles. The lowest BCUT2D eigenvalue weighted by Gasteiger charge is -2.27. The van der Waals surface area contributed by atoms with Gasteiger partial charge in [0.25, 0.3) is 11.8 Å². The van der Waals surface area contributed by atoms with E-state index in [9.17, 15) is 33.6 Å². The Bertz CT molecular complexity index is 2810. The van der Waals surface area contributed by atoms with Crippen molar-refractivity contribution in [2.24, 2.45) is 5.73 Å². The summed E-state index contributed by atoms with van der Waals surface area (Å²) in [6.45, 7) is 5.43. The number of hydrogen-bond donors (Lipinski definition) is 2.